The largest absolute Gasteiger partial charge is 0.337 e. The lowest BCUT2D eigenvalue weighted by Gasteiger charge is -2.30. The lowest BCUT2D eigenvalue weighted by atomic mass is 10.0. The van der Waals surface area contributed by atoms with E-state index < -0.39 is 0 Å². The van der Waals surface area contributed by atoms with Gasteiger partial charge in [-0.3, -0.25) is 4.99 Å². The van der Waals surface area contributed by atoms with Crippen molar-refractivity contribution in [3.63, 3.8) is 0 Å². The van der Waals surface area contributed by atoms with Crippen LogP contribution in [0.2, 0.25) is 0 Å². The Bertz CT molecular complexity index is 842. The smallest absolute Gasteiger partial charge is 0.148 e. The van der Waals surface area contributed by atoms with Gasteiger partial charge in [0.25, 0.3) is 0 Å². The lowest BCUT2D eigenvalue weighted by Crippen LogP contribution is -2.35. The second kappa shape index (κ2) is 8.01. The number of hydrogen-bond donors (Lipinski definition) is 0. The molecule has 0 aromatic heterocycles. The average molecular weight is 342 g/mol. The van der Waals surface area contributed by atoms with Crippen molar-refractivity contribution in [2.24, 2.45) is 4.99 Å². The number of anilines is 1. The first-order valence-corrected chi connectivity index (χ1v) is 9.09. The van der Waals surface area contributed by atoms with Crippen LogP contribution in [0.25, 0.3) is 0 Å². The highest BCUT2D eigenvalue weighted by Gasteiger charge is 2.35. The molecule has 3 rings (SSSR count). The number of aliphatic imine (C=N–C) groups is 1. The molecule has 26 heavy (non-hydrogen) atoms. The van der Waals surface area contributed by atoms with Crippen LogP contribution in [0.5, 0.6) is 0 Å². The van der Waals surface area contributed by atoms with E-state index in [0.29, 0.717) is 0 Å². The molecule has 2 heteroatoms. The molecule has 0 saturated heterocycles. The predicted molar refractivity (Wildman–Crippen MR) is 113 cm³/mol. The van der Waals surface area contributed by atoms with E-state index in [0.717, 1.165) is 11.3 Å². The molecule has 0 bridgehead atoms. The first-order valence-electron chi connectivity index (χ1n) is 9.09. The first-order chi connectivity index (χ1) is 12.7. The monoisotopic (exact) mass is 342 g/mol. The van der Waals surface area contributed by atoms with E-state index in [1.165, 1.54) is 16.8 Å². The van der Waals surface area contributed by atoms with Crippen LogP contribution in [-0.2, 0) is 0 Å². The molecule has 0 spiro atoms. The summed E-state index contributed by atoms with van der Waals surface area (Å²) in [5.41, 5.74) is 5.92. The predicted octanol–water partition coefficient (Wildman–Crippen LogP) is 6.03. The van der Waals surface area contributed by atoms with Crippen molar-refractivity contribution >= 4 is 11.4 Å². The quantitative estimate of drug-likeness (QED) is 0.606. The van der Waals surface area contributed by atoms with Crippen molar-refractivity contribution in [2.45, 2.75) is 33.0 Å². The van der Waals surface area contributed by atoms with Crippen LogP contribution in [0.3, 0.4) is 0 Å². The molecule has 0 amide bonds. The van der Waals surface area contributed by atoms with Gasteiger partial charge in [-0.15, -0.1) is 0 Å². The van der Waals surface area contributed by atoms with Gasteiger partial charge in [0.2, 0.25) is 0 Å². The number of nitrogens with zero attached hydrogens (tertiary/aromatic N) is 2. The van der Waals surface area contributed by atoms with Crippen molar-refractivity contribution in [1.82, 2.24) is 0 Å². The molecular weight excluding hydrogens is 316 g/mol. The van der Waals surface area contributed by atoms with Gasteiger partial charge in [0, 0.05) is 5.69 Å². The molecule has 0 fully saturated rings. The zero-order valence-corrected chi connectivity index (χ0v) is 15.8. The summed E-state index contributed by atoms with van der Waals surface area (Å²) >= 11 is 0. The summed E-state index contributed by atoms with van der Waals surface area (Å²) in [6, 6.07) is 19.4. The molecule has 0 radical (unpaired) electrons. The Labute approximate surface area is 156 Å². The fourth-order valence-corrected chi connectivity index (χ4v) is 3.40. The van der Waals surface area contributed by atoms with Crippen molar-refractivity contribution in [3.05, 3.63) is 102 Å². The minimum atomic E-state index is -0.0176. The number of rotatable bonds is 5. The van der Waals surface area contributed by atoms with Crippen LogP contribution in [-0.4, -0.2) is 11.8 Å². The Balaban J connectivity index is 2.07. The van der Waals surface area contributed by atoms with E-state index in [9.17, 15) is 0 Å². The molecule has 1 aliphatic heterocycles. The van der Waals surface area contributed by atoms with Crippen LogP contribution >= 0.6 is 0 Å². The molecule has 2 atom stereocenters. The van der Waals surface area contributed by atoms with Gasteiger partial charge >= 0.3 is 0 Å². The van der Waals surface area contributed by atoms with E-state index in [2.05, 4.69) is 92.9 Å². The fourth-order valence-electron chi connectivity index (χ4n) is 3.40. The van der Waals surface area contributed by atoms with Gasteiger partial charge in [0.05, 0.1) is 11.8 Å². The zero-order valence-electron chi connectivity index (χ0n) is 15.8. The van der Waals surface area contributed by atoms with Crippen molar-refractivity contribution in [1.29, 1.82) is 0 Å². The van der Waals surface area contributed by atoms with Crippen LogP contribution in [0.1, 0.15) is 31.1 Å². The summed E-state index contributed by atoms with van der Waals surface area (Å²) in [5, 5.41) is 0. The fraction of sp³-hybridized carbons (Fsp3) is 0.208. The normalized spacial score (nSPS) is 20.5. The molecule has 2 unspecified atom stereocenters. The third kappa shape index (κ3) is 3.55. The van der Waals surface area contributed by atoms with E-state index >= 15 is 0 Å². The van der Waals surface area contributed by atoms with Crippen LogP contribution < -0.4 is 4.90 Å². The molecule has 1 heterocycles. The molecule has 0 aliphatic carbocycles. The molecule has 132 valence electrons. The van der Waals surface area contributed by atoms with E-state index in [4.69, 9.17) is 4.99 Å². The van der Waals surface area contributed by atoms with Crippen molar-refractivity contribution < 1.29 is 0 Å². The third-order valence-corrected chi connectivity index (χ3v) is 4.79. The topological polar surface area (TPSA) is 15.6 Å². The number of allylic oxidation sites excluding steroid dienone is 4. The van der Waals surface area contributed by atoms with E-state index in [1.54, 1.807) is 6.08 Å². The second-order valence-corrected chi connectivity index (χ2v) is 6.56. The minimum absolute atomic E-state index is 0.0176. The summed E-state index contributed by atoms with van der Waals surface area (Å²) in [5.74, 6) is 0. The second-order valence-electron chi connectivity index (χ2n) is 6.56. The summed E-state index contributed by atoms with van der Waals surface area (Å²) < 4.78 is 0. The molecular formula is C24H26N2. The van der Waals surface area contributed by atoms with Gasteiger partial charge in [-0.2, -0.15) is 0 Å². The maximum atomic E-state index is 5.13. The van der Waals surface area contributed by atoms with Gasteiger partial charge in [-0.25, -0.2) is 0 Å². The number of aryl methyl sites for hydroxylation is 1. The Morgan fingerprint density at radius 2 is 1.77 bits per heavy atom. The standard InChI is InChI=1S/C24H26N2/c1-5-7-11-20(6-2)23-19(4)26(22-16-14-18(3)15-17-22)24(25-23)21-12-9-8-10-13-21/h5-17,19,24H,1H2,2-4H3/b11-7-,20-6+. The van der Waals surface area contributed by atoms with Gasteiger partial charge in [-0.05, 0) is 44.0 Å². The Morgan fingerprint density at radius 1 is 1.08 bits per heavy atom. The van der Waals surface area contributed by atoms with Crippen LogP contribution in [0.4, 0.5) is 5.69 Å². The van der Waals surface area contributed by atoms with E-state index in [-0.39, 0.29) is 12.2 Å². The number of benzene rings is 2. The summed E-state index contributed by atoms with van der Waals surface area (Å²) in [6.45, 7) is 10.2. The van der Waals surface area contributed by atoms with Crippen LogP contribution in [0, 0.1) is 6.92 Å². The van der Waals surface area contributed by atoms with E-state index in [1.807, 2.05) is 12.1 Å². The SMILES string of the molecule is C=C/C=C\C(=C/C)C1=NC(c2ccccc2)N(c2ccc(C)cc2)C1C. The highest BCUT2D eigenvalue weighted by atomic mass is 15.3. The average Bonchev–Trinajstić information content (AvgIpc) is 3.01. The Hall–Kier alpha value is -2.87. The summed E-state index contributed by atoms with van der Waals surface area (Å²) in [6.07, 6.45) is 7.96. The summed E-state index contributed by atoms with van der Waals surface area (Å²) in [4.78, 5) is 7.53. The Morgan fingerprint density at radius 3 is 2.38 bits per heavy atom. The van der Waals surface area contributed by atoms with Crippen molar-refractivity contribution in [3.8, 4) is 0 Å². The maximum Gasteiger partial charge on any atom is 0.148 e. The molecule has 1 aliphatic rings. The van der Waals surface area contributed by atoms with Crippen LogP contribution in [0.15, 0.2) is 96.0 Å². The zero-order chi connectivity index (χ0) is 18.5. The maximum absolute atomic E-state index is 5.13. The highest BCUT2D eigenvalue weighted by molar-refractivity contribution is 6.09. The minimum Gasteiger partial charge on any atom is -0.337 e. The third-order valence-electron chi connectivity index (χ3n) is 4.79. The van der Waals surface area contributed by atoms with Gasteiger partial charge in [0.1, 0.15) is 6.17 Å². The molecule has 0 N–H and O–H groups in total. The molecule has 0 saturated carbocycles. The highest BCUT2D eigenvalue weighted by Crippen LogP contribution is 2.37. The van der Waals surface area contributed by atoms with Crippen molar-refractivity contribution in [2.75, 3.05) is 4.90 Å². The van der Waals surface area contributed by atoms with Gasteiger partial charge in [0.15, 0.2) is 0 Å². The number of hydrogen-bond acceptors (Lipinski definition) is 2. The lowest BCUT2D eigenvalue weighted by molar-refractivity contribution is 0.675. The van der Waals surface area contributed by atoms with Gasteiger partial charge < -0.3 is 4.90 Å². The Kier molecular flexibility index (Phi) is 5.52. The molecule has 2 nitrogen and oxygen atoms in total. The molecule has 2 aromatic rings. The molecule has 2 aromatic carbocycles. The summed E-state index contributed by atoms with van der Waals surface area (Å²) in [7, 11) is 0. The van der Waals surface area contributed by atoms with Gasteiger partial charge in [-0.1, -0.05) is 78.9 Å². The first kappa shape index (κ1) is 17.9.